The third-order valence-electron chi connectivity index (χ3n) is 13.7. The summed E-state index contributed by atoms with van der Waals surface area (Å²) >= 11 is 0. The van der Waals surface area contributed by atoms with E-state index in [0.717, 1.165) is 84.5 Å². The first-order chi connectivity index (χ1) is 39.9. The average Bonchev–Trinajstić information content (AvgIpc) is 3.65. The van der Waals surface area contributed by atoms with Gasteiger partial charge in [0.05, 0.1) is 39.7 Å². The summed E-state index contributed by atoms with van der Waals surface area (Å²) in [7, 11) is 0. The third-order valence-corrected chi connectivity index (χ3v) is 13.7. The SMILES string of the molecule is Cc1ccnc(-c2cc(CCC#Cc3ccc(/C=N/NC(N)=O)cc3)ccn2)c1.[Ru].c1ccc(-c2ccnc3c2ccc2c(-c4ccccc4)ccnc23)cc1.c1ccc(-c2ccnc3c2ccc2c(-c4ccccc4)ccnc23)cc1. The number of carbonyl (C=O) groups excluding carboxylic acids is 1. The molecule has 6 aromatic heterocycles. The molecule has 0 aliphatic carbocycles. The van der Waals surface area contributed by atoms with Crippen LogP contribution in [0.25, 0.3) is 99.5 Å². The summed E-state index contributed by atoms with van der Waals surface area (Å²) in [6.07, 6.45) is 14.2. The van der Waals surface area contributed by atoms with Crippen molar-refractivity contribution in [3.63, 3.8) is 0 Å². The number of urea groups is 1. The smallest absolute Gasteiger partial charge is 0.332 e. The number of amides is 2. The molecule has 13 aromatic rings. The van der Waals surface area contributed by atoms with Gasteiger partial charge in [0, 0.05) is 90.2 Å². The van der Waals surface area contributed by atoms with Crippen molar-refractivity contribution in [3.8, 4) is 67.7 Å². The molecule has 13 rings (SSSR count). The van der Waals surface area contributed by atoms with Crippen molar-refractivity contribution >= 4 is 55.9 Å². The minimum atomic E-state index is -0.694. The van der Waals surface area contributed by atoms with Gasteiger partial charge in [-0.05, 0) is 135 Å². The molecule has 0 saturated carbocycles. The number of rotatable bonds is 9. The Kier molecular flexibility index (Phi) is 17.8. The minimum Gasteiger partial charge on any atom is -0.350 e. The first-order valence-electron chi connectivity index (χ1n) is 26.5. The van der Waals surface area contributed by atoms with Crippen LogP contribution in [-0.4, -0.2) is 42.1 Å². The Balaban J connectivity index is 0.000000137. The second-order valence-electron chi connectivity index (χ2n) is 19.0. The monoisotopic (exact) mass is 1150 g/mol. The van der Waals surface area contributed by atoms with Crippen LogP contribution in [0.2, 0.25) is 0 Å². The van der Waals surface area contributed by atoms with E-state index < -0.39 is 6.03 Å². The van der Waals surface area contributed by atoms with Crippen molar-refractivity contribution in [1.82, 2.24) is 35.3 Å². The number of pyridine rings is 6. The number of benzene rings is 7. The zero-order chi connectivity index (χ0) is 55.2. The molecule has 3 N–H and O–H groups in total. The maximum atomic E-state index is 10.6. The number of nitrogens with two attached hydrogens (primary N) is 1. The fourth-order valence-corrected chi connectivity index (χ4v) is 9.77. The van der Waals surface area contributed by atoms with Crippen molar-refractivity contribution < 1.29 is 24.3 Å². The van der Waals surface area contributed by atoms with Gasteiger partial charge in [0.25, 0.3) is 0 Å². The van der Waals surface area contributed by atoms with Crippen LogP contribution in [0.5, 0.6) is 0 Å². The Morgan fingerprint density at radius 3 is 1.23 bits per heavy atom. The van der Waals surface area contributed by atoms with Gasteiger partial charge in [-0.15, -0.1) is 0 Å². The standard InChI is InChI=1S/2C24H16N2.C23H21N5O.Ru/c2*1-3-7-17(8-4-1)19-13-15-25-23-21(19)11-12-22-20(14-16-26-24(22)23)18-9-5-2-6-10-18;1-17-10-12-25-21(14-17)22-15-19(11-13-26-22)5-3-2-4-18-6-8-20(9-7-18)16-27-28-23(24)29;/h2*1-16H;6-16H,3,5H2,1H3,(H3,24,28,29);/b;;27-16+;. The largest absolute Gasteiger partial charge is 0.350 e. The van der Waals surface area contributed by atoms with Crippen LogP contribution in [0.15, 0.2) is 261 Å². The van der Waals surface area contributed by atoms with E-state index in [1.807, 2.05) is 105 Å². The number of aryl methyl sites for hydroxylation is 2. The van der Waals surface area contributed by atoms with Gasteiger partial charge in [-0.1, -0.05) is 170 Å². The molecule has 396 valence electrons. The predicted molar refractivity (Wildman–Crippen MR) is 330 cm³/mol. The molecule has 0 saturated heterocycles. The van der Waals surface area contributed by atoms with Gasteiger partial charge in [-0.3, -0.25) is 29.9 Å². The number of fused-ring (bicyclic) bond motifs is 6. The third kappa shape index (κ3) is 13.0. The van der Waals surface area contributed by atoms with E-state index in [2.05, 4.69) is 204 Å². The fourth-order valence-electron chi connectivity index (χ4n) is 9.77. The molecule has 0 atom stereocenters. The maximum absolute atomic E-state index is 10.6. The molecule has 0 fully saturated rings. The Labute approximate surface area is 488 Å². The minimum absolute atomic E-state index is 0. The second-order valence-corrected chi connectivity index (χ2v) is 19.0. The van der Waals surface area contributed by atoms with Crippen molar-refractivity contribution in [2.24, 2.45) is 10.8 Å². The summed E-state index contributed by atoms with van der Waals surface area (Å²) in [6, 6.07) is 73.6. The predicted octanol–water partition coefficient (Wildman–Crippen LogP) is 15.7. The second kappa shape index (κ2) is 26.5. The maximum Gasteiger partial charge on any atom is 0.332 e. The molecule has 82 heavy (non-hydrogen) atoms. The van der Waals surface area contributed by atoms with Crippen LogP contribution >= 0.6 is 0 Å². The number of carbonyl (C=O) groups is 1. The summed E-state index contributed by atoms with van der Waals surface area (Å²) < 4.78 is 0. The summed E-state index contributed by atoms with van der Waals surface area (Å²) in [5, 5.41) is 8.23. The molecule has 0 radical (unpaired) electrons. The Bertz CT molecular complexity index is 4030. The van der Waals surface area contributed by atoms with E-state index in [-0.39, 0.29) is 19.5 Å². The Hall–Kier alpha value is -10.4. The van der Waals surface area contributed by atoms with E-state index in [1.165, 1.54) is 56.3 Å². The number of nitrogens with zero attached hydrogens (tertiary/aromatic N) is 7. The molecular formula is C71H53N9ORu. The summed E-state index contributed by atoms with van der Waals surface area (Å²) in [5.41, 5.74) is 26.3. The van der Waals surface area contributed by atoms with Gasteiger partial charge >= 0.3 is 6.03 Å². The first kappa shape index (κ1) is 54.9. The average molecular weight is 1150 g/mol. The van der Waals surface area contributed by atoms with E-state index in [9.17, 15) is 4.79 Å². The summed E-state index contributed by atoms with van der Waals surface area (Å²) in [4.78, 5) is 38.1. The van der Waals surface area contributed by atoms with Crippen LogP contribution in [-0.2, 0) is 25.9 Å². The molecular weight excluding hydrogens is 1100 g/mol. The van der Waals surface area contributed by atoms with Gasteiger partial charge in [-0.2, -0.15) is 5.10 Å². The zero-order valence-corrected chi connectivity index (χ0v) is 46.4. The molecule has 0 bridgehead atoms. The van der Waals surface area contributed by atoms with Gasteiger partial charge < -0.3 is 5.73 Å². The summed E-state index contributed by atoms with van der Waals surface area (Å²) in [6.45, 7) is 2.04. The van der Waals surface area contributed by atoms with E-state index >= 15 is 0 Å². The van der Waals surface area contributed by atoms with E-state index in [1.54, 1.807) is 6.20 Å². The Morgan fingerprint density at radius 1 is 0.463 bits per heavy atom. The molecule has 7 aromatic carbocycles. The number of hydrogen-bond donors (Lipinski definition) is 2. The molecule has 0 unspecified atom stereocenters. The molecule has 6 heterocycles. The quantitative estimate of drug-likeness (QED) is 0.0481. The van der Waals surface area contributed by atoms with Gasteiger partial charge in [0.2, 0.25) is 0 Å². The number of primary amides is 1. The topological polar surface area (TPSA) is 145 Å². The van der Waals surface area contributed by atoms with Crippen LogP contribution < -0.4 is 11.2 Å². The van der Waals surface area contributed by atoms with Crippen molar-refractivity contribution in [3.05, 3.63) is 278 Å². The fraction of sp³-hybridized carbons (Fsp3) is 0.0423. The zero-order valence-electron chi connectivity index (χ0n) is 44.7. The van der Waals surface area contributed by atoms with E-state index in [4.69, 9.17) is 5.73 Å². The van der Waals surface area contributed by atoms with Crippen LogP contribution in [0.3, 0.4) is 0 Å². The van der Waals surface area contributed by atoms with Gasteiger partial charge in [0.15, 0.2) is 0 Å². The van der Waals surface area contributed by atoms with Crippen molar-refractivity contribution in [2.45, 2.75) is 19.8 Å². The first-order valence-corrected chi connectivity index (χ1v) is 26.5. The number of aromatic nitrogens is 6. The number of nitrogens with one attached hydrogen (secondary N) is 1. The number of hydrogen-bond acceptors (Lipinski definition) is 8. The van der Waals surface area contributed by atoms with Crippen LogP contribution in [0.4, 0.5) is 4.79 Å². The molecule has 0 aliphatic heterocycles. The summed E-state index contributed by atoms with van der Waals surface area (Å²) in [5.74, 6) is 6.36. The van der Waals surface area contributed by atoms with Gasteiger partial charge in [0.1, 0.15) is 0 Å². The molecule has 10 nitrogen and oxygen atoms in total. The molecule has 2 amide bonds. The number of hydrazone groups is 1. The van der Waals surface area contributed by atoms with Crippen molar-refractivity contribution in [1.29, 1.82) is 0 Å². The normalized spacial score (nSPS) is 10.7. The van der Waals surface area contributed by atoms with Crippen LogP contribution in [0.1, 0.15) is 28.7 Å². The van der Waals surface area contributed by atoms with Crippen LogP contribution in [0, 0.1) is 18.8 Å². The molecule has 0 aliphatic rings. The molecule has 0 spiro atoms. The Morgan fingerprint density at radius 2 is 0.841 bits per heavy atom. The van der Waals surface area contributed by atoms with E-state index in [0.29, 0.717) is 0 Å². The van der Waals surface area contributed by atoms with Crippen molar-refractivity contribution in [2.75, 3.05) is 0 Å². The van der Waals surface area contributed by atoms with Gasteiger partial charge in [-0.25, -0.2) is 10.2 Å². The molecule has 11 heteroatoms.